The van der Waals surface area contributed by atoms with Gasteiger partial charge in [-0.25, -0.2) is 0 Å². The normalized spacial score (nSPS) is 10.6. The Morgan fingerprint density at radius 2 is 2.10 bits per heavy atom. The first-order valence-corrected chi connectivity index (χ1v) is 6.58. The van der Waals surface area contributed by atoms with E-state index in [1.54, 1.807) is 43.5 Å². The second-order valence-corrected chi connectivity index (χ2v) is 4.67. The zero-order valence-corrected chi connectivity index (χ0v) is 12.1. The number of nitrogens with one attached hydrogen (secondary N) is 1. The summed E-state index contributed by atoms with van der Waals surface area (Å²) in [6.07, 6.45) is 2.82. The van der Waals surface area contributed by atoms with E-state index in [9.17, 15) is 9.90 Å². The summed E-state index contributed by atoms with van der Waals surface area (Å²) in [6, 6.07) is 11.5. The molecule has 0 saturated carbocycles. The molecule has 4 nitrogen and oxygen atoms in total. The minimum atomic E-state index is -0.178. The molecule has 0 amide bonds. The van der Waals surface area contributed by atoms with Crippen LogP contribution in [-0.4, -0.2) is 18.0 Å². The molecule has 2 rings (SSSR count). The first-order chi connectivity index (χ1) is 10.1. The van der Waals surface area contributed by atoms with Crippen molar-refractivity contribution in [3.63, 3.8) is 0 Å². The van der Waals surface area contributed by atoms with Gasteiger partial charge in [0.2, 0.25) is 0 Å². The van der Waals surface area contributed by atoms with Gasteiger partial charge in [-0.15, -0.1) is 0 Å². The van der Waals surface area contributed by atoms with Crippen molar-refractivity contribution in [1.29, 1.82) is 0 Å². The number of halogens is 1. The monoisotopic (exact) mass is 303 g/mol. The third-order valence-corrected chi connectivity index (χ3v) is 3.02. The fraction of sp³-hybridized carbons (Fsp3) is 0.0625. The highest BCUT2D eigenvalue weighted by Crippen LogP contribution is 2.26. The molecule has 0 bridgehead atoms. The Kier molecular flexibility index (Phi) is 4.85. The van der Waals surface area contributed by atoms with Crippen LogP contribution in [-0.2, 0) is 0 Å². The molecule has 0 radical (unpaired) electrons. The standard InChI is InChI=1S/C16H14ClNO3/c1-21-13-4-2-3-11(9-13)15(19)7-8-18-14-10-12(17)5-6-16(14)20/h2-10,18,20H,1H3. The van der Waals surface area contributed by atoms with Crippen molar-refractivity contribution in [2.75, 3.05) is 12.4 Å². The van der Waals surface area contributed by atoms with E-state index in [4.69, 9.17) is 16.3 Å². The molecule has 2 N–H and O–H groups in total. The summed E-state index contributed by atoms with van der Waals surface area (Å²) in [5.74, 6) is 0.496. The minimum absolute atomic E-state index is 0.0536. The maximum absolute atomic E-state index is 12.0. The van der Waals surface area contributed by atoms with Gasteiger partial charge in [-0.05, 0) is 30.3 Å². The first-order valence-electron chi connectivity index (χ1n) is 6.20. The van der Waals surface area contributed by atoms with Crippen LogP contribution in [0.2, 0.25) is 5.02 Å². The minimum Gasteiger partial charge on any atom is -0.506 e. The third-order valence-electron chi connectivity index (χ3n) is 2.79. The molecule has 0 heterocycles. The number of allylic oxidation sites excluding steroid dienone is 1. The largest absolute Gasteiger partial charge is 0.506 e. The van der Waals surface area contributed by atoms with E-state index >= 15 is 0 Å². The number of aromatic hydroxyl groups is 1. The van der Waals surface area contributed by atoms with Crippen molar-refractivity contribution in [1.82, 2.24) is 0 Å². The molecule has 0 atom stereocenters. The summed E-state index contributed by atoms with van der Waals surface area (Å²) in [4.78, 5) is 12.0. The van der Waals surface area contributed by atoms with E-state index in [2.05, 4.69) is 5.32 Å². The van der Waals surface area contributed by atoms with Crippen molar-refractivity contribution >= 4 is 23.1 Å². The van der Waals surface area contributed by atoms with Gasteiger partial charge >= 0.3 is 0 Å². The third kappa shape index (κ3) is 4.00. The zero-order valence-electron chi connectivity index (χ0n) is 11.3. The van der Waals surface area contributed by atoms with Gasteiger partial charge in [0.05, 0.1) is 12.8 Å². The van der Waals surface area contributed by atoms with Gasteiger partial charge in [-0.2, -0.15) is 0 Å². The number of rotatable bonds is 5. The van der Waals surface area contributed by atoms with Crippen LogP contribution in [0.25, 0.3) is 0 Å². The fourth-order valence-electron chi connectivity index (χ4n) is 1.70. The van der Waals surface area contributed by atoms with Gasteiger partial charge in [-0.3, -0.25) is 4.79 Å². The van der Waals surface area contributed by atoms with Crippen LogP contribution >= 0.6 is 11.6 Å². The second-order valence-electron chi connectivity index (χ2n) is 4.24. The molecular weight excluding hydrogens is 290 g/mol. The smallest absolute Gasteiger partial charge is 0.187 e. The number of phenols is 1. The number of phenolic OH excluding ortho intramolecular Hbond substituents is 1. The Balaban J connectivity index is 2.06. The number of carbonyl (C=O) groups excluding carboxylic acids is 1. The van der Waals surface area contributed by atoms with Crippen LogP contribution in [0.1, 0.15) is 10.4 Å². The molecule has 21 heavy (non-hydrogen) atoms. The SMILES string of the molecule is COc1cccc(C(=O)C=CNc2cc(Cl)ccc2O)c1. The van der Waals surface area contributed by atoms with Crippen LogP contribution in [0, 0.1) is 0 Å². The summed E-state index contributed by atoms with van der Waals surface area (Å²) in [6.45, 7) is 0. The van der Waals surface area contributed by atoms with Gasteiger partial charge in [-0.1, -0.05) is 23.7 Å². The number of ether oxygens (including phenoxy) is 1. The van der Waals surface area contributed by atoms with Crippen molar-refractivity contribution < 1.29 is 14.6 Å². The lowest BCUT2D eigenvalue weighted by Gasteiger charge is -2.04. The molecule has 5 heteroatoms. The van der Waals surface area contributed by atoms with Gasteiger partial charge < -0.3 is 15.2 Å². The van der Waals surface area contributed by atoms with Crippen molar-refractivity contribution in [2.45, 2.75) is 0 Å². The highest BCUT2D eigenvalue weighted by atomic mass is 35.5. The Labute approximate surface area is 127 Å². The van der Waals surface area contributed by atoms with Crippen LogP contribution in [0.4, 0.5) is 5.69 Å². The Bertz CT molecular complexity index is 683. The number of methoxy groups -OCH3 is 1. The van der Waals surface area contributed by atoms with E-state index in [0.717, 1.165) is 0 Å². The van der Waals surface area contributed by atoms with Crippen molar-refractivity contribution in [2.24, 2.45) is 0 Å². The molecule has 2 aromatic rings. The van der Waals surface area contributed by atoms with Crippen molar-refractivity contribution in [3.05, 3.63) is 65.3 Å². The summed E-state index contributed by atoms with van der Waals surface area (Å²) < 4.78 is 5.07. The number of hydrogen-bond acceptors (Lipinski definition) is 4. The summed E-state index contributed by atoms with van der Waals surface area (Å²) in [7, 11) is 1.54. The Morgan fingerprint density at radius 3 is 2.86 bits per heavy atom. The van der Waals surface area contributed by atoms with Crippen LogP contribution in [0.5, 0.6) is 11.5 Å². The van der Waals surface area contributed by atoms with Gasteiger partial charge in [0.15, 0.2) is 5.78 Å². The molecule has 0 spiro atoms. The Hall–Kier alpha value is -2.46. The van der Waals surface area contributed by atoms with Gasteiger partial charge in [0.25, 0.3) is 0 Å². The highest BCUT2D eigenvalue weighted by molar-refractivity contribution is 6.30. The quantitative estimate of drug-likeness (QED) is 0.500. The van der Waals surface area contributed by atoms with Gasteiger partial charge in [0, 0.05) is 22.9 Å². The summed E-state index contributed by atoms with van der Waals surface area (Å²) in [5.41, 5.74) is 0.944. The van der Waals surface area contributed by atoms with E-state index in [1.807, 2.05) is 0 Å². The zero-order chi connectivity index (χ0) is 15.2. The number of carbonyl (C=O) groups is 1. The molecule has 0 aliphatic rings. The molecule has 0 aromatic heterocycles. The first kappa shape index (κ1) is 14.9. The van der Waals surface area contributed by atoms with E-state index in [1.165, 1.54) is 18.3 Å². The lowest BCUT2D eigenvalue weighted by atomic mass is 10.1. The molecular formula is C16H14ClNO3. The number of benzene rings is 2. The molecule has 108 valence electrons. The molecule has 0 aliphatic heterocycles. The van der Waals surface area contributed by atoms with E-state index in [-0.39, 0.29) is 11.5 Å². The number of anilines is 1. The van der Waals surface area contributed by atoms with Crippen LogP contribution < -0.4 is 10.1 Å². The fourth-order valence-corrected chi connectivity index (χ4v) is 1.88. The second kappa shape index (κ2) is 6.81. The Morgan fingerprint density at radius 1 is 1.29 bits per heavy atom. The highest BCUT2D eigenvalue weighted by Gasteiger charge is 2.03. The topological polar surface area (TPSA) is 58.6 Å². The predicted molar refractivity (Wildman–Crippen MR) is 83.2 cm³/mol. The van der Waals surface area contributed by atoms with Crippen LogP contribution in [0.15, 0.2) is 54.7 Å². The maximum Gasteiger partial charge on any atom is 0.187 e. The van der Waals surface area contributed by atoms with Crippen molar-refractivity contribution in [3.8, 4) is 11.5 Å². The molecule has 0 saturated heterocycles. The van der Waals surface area contributed by atoms with E-state index < -0.39 is 0 Å². The molecule has 2 aromatic carbocycles. The van der Waals surface area contributed by atoms with Crippen LogP contribution in [0.3, 0.4) is 0 Å². The van der Waals surface area contributed by atoms with Gasteiger partial charge in [0.1, 0.15) is 11.5 Å². The molecule has 0 unspecified atom stereocenters. The number of hydrogen-bond donors (Lipinski definition) is 2. The summed E-state index contributed by atoms with van der Waals surface area (Å²) >= 11 is 5.83. The molecule has 0 aliphatic carbocycles. The lowest BCUT2D eigenvalue weighted by Crippen LogP contribution is -1.97. The summed E-state index contributed by atoms with van der Waals surface area (Å²) in [5, 5.41) is 12.9. The lowest BCUT2D eigenvalue weighted by molar-refractivity contribution is 0.104. The average Bonchev–Trinajstić information content (AvgIpc) is 2.50. The predicted octanol–water partition coefficient (Wildman–Crippen LogP) is 3.86. The number of ketones is 1. The van der Waals surface area contributed by atoms with E-state index in [0.29, 0.717) is 22.0 Å². The maximum atomic E-state index is 12.0. The average molecular weight is 304 g/mol. The molecule has 0 fully saturated rings.